The van der Waals surface area contributed by atoms with Crippen LogP contribution in [0.4, 0.5) is 5.69 Å². The molecule has 0 saturated carbocycles. The van der Waals surface area contributed by atoms with Crippen LogP contribution >= 0.6 is 11.6 Å². The predicted octanol–water partition coefficient (Wildman–Crippen LogP) is 4.46. The molecule has 6 nitrogen and oxygen atoms in total. The normalized spacial score (nSPS) is 10.6. The summed E-state index contributed by atoms with van der Waals surface area (Å²) in [5.41, 5.74) is 15.6. The molecule has 3 aromatic carbocycles. The van der Waals surface area contributed by atoms with Crippen molar-refractivity contribution >= 4 is 29.1 Å². The van der Waals surface area contributed by atoms with E-state index in [1.54, 1.807) is 42.5 Å². The Labute approximate surface area is 173 Å². The third-order valence-electron chi connectivity index (χ3n) is 4.43. The van der Waals surface area contributed by atoms with Gasteiger partial charge < -0.3 is 21.3 Å². The first-order valence-corrected chi connectivity index (χ1v) is 9.13. The van der Waals surface area contributed by atoms with Crippen LogP contribution in [-0.2, 0) is 6.61 Å². The van der Waals surface area contributed by atoms with Crippen molar-refractivity contribution in [2.75, 3.05) is 5.73 Å². The van der Waals surface area contributed by atoms with Crippen LogP contribution in [0.15, 0.2) is 54.6 Å². The minimum absolute atomic E-state index is 0.0588. The number of benzene rings is 3. The van der Waals surface area contributed by atoms with Gasteiger partial charge in [0.25, 0.3) is 0 Å². The number of halogens is 1. The molecule has 3 rings (SSSR count). The molecule has 0 radical (unpaired) electrons. The summed E-state index contributed by atoms with van der Waals surface area (Å²) in [7, 11) is 0. The summed E-state index contributed by atoms with van der Waals surface area (Å²) < 4.78 is 5.79. The first kappa shape index (κ1) is 20.2. The van der Waals surface area contributed by atoms with Crippen LogP contribution in [0.2, 0.25) is 5.02 Å². The van der Waals surface area contributed by atoms with Crippen molar-refractivity contribution in [3.63, 3.8) is 0 Å². The number of carbonyl (C=O) groups is 1. The highest BCUT2D eigenvalue weighted by Gasteiger charge is 2.11. The zero-order valence-electron chi connectivity index (χ0n) is 15.7. The summed E-state index contributed by atoms with van der Waals surface area (Å²) in [4.78, 5) is 11.6. The second-order valence-corrected chi connectivity index (χ2v) is 7.05. The van der Waals surface area contributed by atoms with Crippen molar-refractivity contribution in [3.8, 4) is 16.9 Å². The van der Waals surface area contributed by atoms with Gasteiger partial charge in [0.2, 0.25) is 0 Å². The topological polar surface area (TPSA) is 122 Å². The number of carboxylic acids is 1. The van der Waals surface area contributed by atoms with Crippen LogP contribution < -0.4 is 16.2 Å². The van der Waals surface area contributed by atoms with E-state index in [0.717, 1.165) is 11.1 Å². The molecule has 0 aliphatic rings. The number of nitrogen functional groups attached to an aromatic ring is 2. The standard InChI is InChI=1S/C22H20ClN3O3/c1-12-5-19(24)20(10-18(12)23)29-11-13-6-16(9-17(7-13)22(27)28)14-3-2-4-15(8-14)21(25)26/h2-10H,11,24H2,1H3,(H3,25,26)(H,27,28). The molecule has 6 N–H and O–H groups in total. The molecular weight excluding hydrogens is 390 g/mol. The summed E-state index contributed by atoms with van der Waals surface area (Å²) in [5.74, 6) is -0.674. The van der Waals surface area contributed by atoms with Gasteiger partial charge in [-0.15, -0.1) is 0 Å². The number of amidine groups is 1. The molecule has 7 heteroatoms. The van der Waals surface area contributed by atoms with E-state index in [9.17, 15) is 9.90 Å². The fourth-order valence-electron chi connectivity index (χ4n) is 2.90. The van der Waals surface area contributed by atoms with Crippen molar-refractivity contribution in [3.05, 3.63) is 81.9 Å². The van der Waals surface area contributed by atoms with Gasteiger partial charge in [-0.05, 0) is 59.5 Å². The Bertz CT molecular complexity index is 1110. The molecule has 0 bridgehead atoms. The number of anilines is 1. The second-order valence-electron chi connectivity index (χ2n) is 6.65. The van der Waals surface area contributed by atoms with Crippen molar-refractivity contribution in [1.29, 1.82) is 5.41 Å². The maximum absolute atomic E-state index is 11.6. The van der Waals surface area contributed by atoms with E-state index < -0.39 is 5.97 Å². The molecule has 29 heavy (non-hydrogen) atoms. The maximum Gasteiger partial charge on any atom is 0.335 e. The van der Waals surface area contributed by atoms with Crippen LogP contribution in [0.3, 0.4) is 0 Å². The smallest absolute Gasteiger partial charge is 0.335 e. The van der Waals surface area contributed by atoms with Crippen LogP contribution in [0.25, 0.3) is 11.1 Å². The van der Waals surface area contributed by atoms with Gasteiger partial charge in [0.15, 0.2) is 0 Å². The van der Waals surface area contributed by atoms with Gasteiger partial charge in [-0.2, -0.15) is 0 Å². The third-order valence-corrected chi connectivity index (χ3v) is 4.84. The van der Waals surface area contributed by atoms with E-state index in [-0.39, 0.29) is 18.0 Å². The molecule has 0 spiro atoms. The molecule has 0 fully saturated rings. The summed E-state index contributed by atoms with van der Waals surface area (Å²) in [6.45, 7) is 1.96. The predicted molar refractivity (Wildman–Crippen MR) is 115 cm³/mol. The zero-order valence-corrected chi connectivity index (χ0v) is 16.5. The Balaban J connectivity index is 1.95. The summed E-state index contributed by atoms with van der Waals surface area (Å²) >= 11 is 6.14. The highest BCUT2D eigenvalue weighted by atomic mass is 35.5. The molecule has 0 saturated heterocycles. The summed E-state index contributed by atoms with van der Waals surface area (Å²) in [6.07, 6.45) is 0. The van der Waals surface area contributed by atoms with Gasteiger partial charge >= 0.3 is 5.97 Å². The molecule has 0 aromatic heterocycles. The van der Waals surface area contributed by atoms with Gasteiger partial charge in [0.05, 0.1) is 11.3 Å². The zero-order chi connectivity index (χ0) is 21.1. The maximum atomic E-state index is 11.6. The average molecular weight is 410 g/mol. The highest BCUT2D eigenvalue weighted by molar-refractivity contribution is 6.31. The Morgan fingerprint density at radius 3 is 2.52 bits per heavy atom. The highest BCUT2D eigenvalue weighted by Crippen LogP contribution is 2.30. The largest absolute Gasteiger partial charge is 0.487 e. The van der Waals surface area contributed by atoms with E-state index in [2.05, 4.69) is 0 Å². The van der Waals surface area contributed by atoms with Crippen molar-refractivity contribution in [1.82, 2.24) is 0 Å². The van der Waals surface area contributed by atoms with E-state index >= 15 is 0 Å². The van der Waals surface area contributed by atoms with E-state index in [0.29, 0.717) is 33.1 Å². The molecule has 0 aliphatic heterocycles. The van der Waals surface area contributed by atoms with E-state index in [4.69, 9.17) is 33.2 Å². The number of carboxylic acid groups (broad SMARTS) is 1. The number of hydrogen-bond donors (Lipinski definition) is 4. The Hall–Kier alpha value is -3.51. The van der Waals surface area contributed by atoms with Crippen LogP contribution in [0.5, 0.6) is 5.75 Å². The Kier molecular flexibility index (Phi) is 5.75. The van der Waals surface area contributed by atoms with Gasteiger partial charge in [-0.1, -0.05) is 29.8 Å². The van der Waals surface area contributed by atoms with Crippen molar-refractivity contribution in [2.45, 2.75) is 13.5 Å². The van der Waals surface area contributed by atoms with Crippen LogP contribution in [0.1, 0.15) is 27.0 Å². The van der Waals surface area contributed by atoms with Gasteiger partial charge in [-0.3, -0.25) is 5.41 Å². The molecule has 148 valence electrons. The Morgan fingerprint density at radius 1 is 1.10 bits per heavy atom. The van der Waals surface area contributed by atoms with Crippen molar-refractivity contribution in [2.24, 2.45) is 5.73 Å². The van der Waals surface area contributed by atoms with Gasteiger partial charge in [-0.25, -0.2) is 4.79 Å². The number of ether oxygens (including phenoxy) is 1. The number of rotatable bonds is 6. The fraction of sp³-hybridized carbons (Fsp3) is 0.0909. The van der Waals surface area contributed by atoms with Gasteiger partial charge in [0, 0.05) is 16.7 Å². The minimum atomic E-state index is -1.05. The number of aryl methyl sites for hydroxylation is 1. The molecule has 0 amide bonds. The lowest BCUT2D eigenvalue weighted by molar-refractivity contribution is 0.0696. The lowest BCUT2D eigenvalue weighted by Crippen LogP contribution is -2.10. The average Bonchev–Trinajstić information content (AvgIpc) is 2.69. The Morgan fingerprint density at radius 2 is 1.83 bits per heavy atom. The van der Waals surface area contributed by atoms with E-state index in [1.165, 1.54) is 0 Å². The molecule has 3 aromatic rings. The molecule has 0 unspecified atom stereocenters. The molecule has 0 atom stereocenters. The van der Waals surface area contributed by atoms with Crippen molar-refractivity contribution < 1.29 is 14.6 Å². The monoisotopic (exact) mass is 409 g/mol. The minimum Gasteiger partial charge on any atom is -0.487 e. The molecular formula is C22H20ClN3O3. The van der Waals surface area contributed by atoms with Crippen LogP contribution in [-0.4, -0.2) is 16.9 Å². The van der Waals surface area contributed by atoms with Gasteiger partial charge in [0.1, 0.15) is 18.2 Å². The molecule has 0 aliphatic carbocycles. The fourth-order valence-corrected chi connectivity index (χ4v) is 3.06. The van der Waals surface area contributed by atoms with Crippen LogP contribution in [0, 0.1) is 12.3 Å². The summed E-state index contributed by atoms with van der Waals surface area (Å²) in [6, 6.07) is 15.4. The third kappa shape index (κ3) is 4.67. The lowest BCUT2D eigenvalue weighted by Gasteiger charge is -2.13. The number of hydrogen-bond acceptors (Lipinski definition) is 4. The second kappa shape index (κ2) is 8.24. The number of nitrogens with one attached hydrogen (secondary N) is 1. The number of nitrogens with two attached hydrogens (primary N) is 2. The first-order chi connectivity index (χ1) is 13.7. The lowest BCUT2D eigenvalue weighted by atomic mass is 9.98. The SMILES string of the molecule is Cc1cc(N)c(OCc2cc(C(=O)O)cc(-c3cccc(C(=N)N)c3)c2)cc1Cl. The first-order valence-electron chi connectivity index (χ1n) is 8.75. The molecule has 0 heterocycles. The quantitative estimate of drug-likeness (QED) is 0.272. The number of aromatic carboxylic acids is 1. The van der Waals surface area contributed by atoms with E-state index in [1.807, 2.05) is 19.1 Å². The summed E-state index contributed by atoms with van der Waals surface area (Å²) in [5, 5.41) is 17.6.